The Bertz CT molecular complexity index is 976. The summed E-state index contributed by atoms with van der Waals surface area (Å²) in [6.07, 6.45) is 13.9. The molecule has 1 aromatic carbocycles. The highest BCUT2D eigenvalue weighted by Crippen LogP contribution is 2.32. The fourth-order valence-electron chi connectivity index (χ4n) is 4.80. The van der Waals surface area contributed by atoms with Crippen LogP contribution in [0.3, 0.4) is 0 Å². The van der Waals surface area contributed by atoms with Gasteiger partial charge < -0.3 is 14.2 Å². The first-order chi connectivity index (χ1) is 14.7. The lowest BCUT2D eigenvalue weighted by Crippen LogP contribution is -2.34. The van der Waals surface area contributed by atoms with Crippen LogP contribution in [0.15, 0.2) is 24.3 Å². The average Bonchev–Trinajstić information content (AvgIpc) is 3.09. The summed E-state index contributed by atoms with van der Waals surface area (Å²) in [6, 6.07) is 6.49. The van der Waals surface area contributed by atoms with Gasteiger partial charge in [-0.1, -0.05) is 18.4 Å². The minimum absolute atomic E-state index is 0.337. The fourth-order valence-corrected chi connectivity index (χ4v) is 4.80. The molecule has 3 heterocycles. The van der Waals surface area contributed by atoms with Crippen molar-refractivity contribution in [3.05, 3.63) is 41.1 Å². The van der Waals surface area contributed by atoms with Gasteiger partial charge in [-0.15, -0.1) is 6.42 Å². The molecule has 30 heavy (non-hydrogen) atoms. The Morgan fingerprint density at radius 1 is 1.17 bits per heavy atom. The predicted molar refractivity (Wildman–Crippen MR) is 121 cm³/mol. The van der Waals surface area contributed by atoms with Gasteiger partial charge in [-0.05, 0) is 55.3 Å². The van der Waals surface area contributed by atoms with Gasteiger partial charge in [-0.3, -0.25) is 4.90 Å². The molecule has 2 aromatic rings. The molecule has 1 saturated heterocycles. The Hall–Kier alpha value is -2.55. The maximum atomic E-state index is 11.5. The van der Waals surface area contributed by atoms with Crippen LogP contribution in [0.4, 0.5) is 0 Å². The summed E-state index contributed by atoms with van der Waals surface area (Å²) in [5.41, 5.74) is 5.13. The number of carbonyl (C=O) groups excluding carboxylic acids is 1. The van der Waals surface area contributed by atoms with Crippen molar-refractivity contribution in [2.75, 3.05) is 39.8 Å². The first-order valence-corrected chi connectivity index (χ1v) is 11.0. The highest BCUT2D eigenvalue weighted by atomic mass is 16.5. The van der Waals surface area contributed by atoms with Crippen molar-refractivity contribution in [1.82, 2.24) is 14.4 Å². The van der Waals surface area contributed by atoms with Crippen LogP contribution in [-0.2, 0) is 29.0 Å². The van der Waals surface area contributed by atoms with Crippen molar-refractivity contribution in [2.24, 2.45) is 0 Å². The van der Waals surface area contributed by atoms with Crippen LogP contribution in [0.2, 0.25) is 0 Å². The number of ether oxygens (including phenoxy) is 1. The van der Waals surface area contributed by atoms with Crippen molar-refractivity contribution in [3.8, 4) is 12.3 Å². The maximum Gasteiger partial charge on any atom is 0.330 e. The molecular formula is C25H31N3O2. The van der Waals surface area contributed by atoms with E-state index in [-0.39, 0.29) is 5.97 Å². The SMILES string of the molecule is C#CCN1CCc2c(c3cc(/C=C/C(=O)OC)ccc3n2CCN2CCCCC2)C1. The highest BCUT2D eigenvalue weighted by molar-refractivity contribution is 5.91. The fraction of sp³-hybridized carbons (Fsp3) is 0.480. The first kappa shape index (κ1) is 20.7. The highest BCUT2D eigenvalue weighted by Gasteiger charge is 2.24. The summed E-state index contributed by atoms with van der Waals surface area (Å²) in [6.45, 7) is 7.15. The number of hydrogen-bond acceptors (Lipinski definition) is 4. The molecule has 0 saturated carbocycles. The van der Waals surface area contributed by atoms with Crippen LogP contribution in [-0.4, -0.2) is 60.2 Å². The summed E-state index contributed by atoms with van der Waals surface area (Å²) >= 11 is 0. The largest absolute Gasteiger partial charge is 0.466 e. The van der Waals surface area contributed by atoms with Crippen LogP contribution < -0.4 is 0 Å². The van der Waals surface area contributed by atoms with Gasteiger partial charge in [0.05, 0.1) is 13.7 Å². The molecule has 0 N–H and O–H groups in total. The van der Waals surface area contributed by atoms with Gasteiger partial charge in [0.2, 0.25) is 0 Å². The molecule has 0 aliphatic carbocycles. The van der Waals surface area contributed by atoms with E-state index in [1.165, 1.54) is 67.7 Å². The number of rotatable bonds is 6. The quantitative estimate of drug-likeness (QED) is 0.420. The van der Waals surface area contributed by atoms with E-state index < -0.39 is 0 Å². The molecule has 2 aliphatic heterocycles. The zero-order valence-corrected chi connectivity index (χ0v) is 17.9. The number of fused-ring (bicyclic) bond motifs is 3. The standard InChI is InChI=1S/C25H31N3O2/c1-3-12-27-15-11-24-22(19-27)21-18-20(8-10-25(29)30-2)7-9-23(21)28(24)17-16-26-13-5-4-6-14-26/h1,7-10,18H,4-6,11-17,19H2,2H3/b10-8+. The van der Waals surface area contributed by atoms with Crippen molar-refractivity contribution >= 4 is 22.9 Å². The molecule has 0 unspecified atom stereocenters. The van der Waals surface area contributed by atoms with Crippen LogP contribution in [0, 0.1) is 12.3 Å². The smallest absolute Gasteiger partial charge is 0.330 e. The third kappa shape index (κ3) is 4.45. The minimum atomic E-state index is -0.337. The molecular weight excluding hydrogens is 374 g/mol. The first-order valence-electron chi connectivity index (χ1n) is 11.0. The third-order valence-electron chi connectivity index (χ3n) is 6.37. The maximum absolute atomic E-state index is 11.5. The van der Waals surface area contributed by atoms with Gasteiger partial charge in [0.25, 0.3) is 0 Å². The summed E-state index contributed by atoms with van der Waals surface area (Å²) < 4.78 is 7.25. The van der Waals surface area contributed by atoms with Gasteiger partial charge in [0.15, 0.2) is 0 Å². The van der Waals surface area contributed by atoms with E-state index in [1.807, 2.05) is 6.08 Å². The summed E-state index contributed by atoms with van der Waals surface area (Å²) in [5.74, 6) is 2.46. The molecule has 2 aliphatic rings. The van der Waals surface area contributed by atoms with Crippen molar-refractivity contribution in [2.45, 2.75) is 38.8 Å². The molecule has 4 rings (SSSR count). The molecule has 0 spiro atoms. The zero-order chi connectivity index (χ0) is 20.9. The number of nitrogens with zero attached hydrogens (tertiary/aromatic N) is 3. The van der Waals surface area contributed by atoms with Gasteiger partial charge in [-0.2, -0.15) is 0 Å². The number of likely N-dealkylation sites (tertiary alicyclic amines) is 1. The van der Waals surface area contributed by atoms with Crippen molar-refractivity contribution < 1.29 is 9.53 Å². The predicted octanol–water partition coefficient (Wildman–Crippen LogP) is 3.30. The molecule has 5 heteroatoms. The Balaban J connectivity index is 1.67. The van der Waals surface area contributed by atoms with Crippen LogP contribution in [0.1, 0.15) is 36.1 Å². The number of esters is 1. The molecule has 0 amide bonds. The topological polar surface area (TPSA) is 37.7 Å². The molecule has 0 radical (unpaired) electrons. The van der Waals surface area contributed by atoms with E-state index in [0.717, 1.165) is 38.2 Å². The third-order valence-corrected chi connectivity index (χ3v) is 6.37. The van der Waals surface area contributed by atoms with E-state index in [9.17, 15) is 4.79 Å². The Labute approximate surface area is 179 Å². The molecule has 1 fully saturated rings. The van der Waals surface area contributed by atoms with Crippen molar-refractivity contribution in [1.29, 1.82) is 0 Å². The van der Waals surface area contributed by atoms with E-state index in [2.05, 4.69) is 38.5 Å². The van der Waals surface area contributed by atoms with Crippen LogP contribution >= 0.6 is 0 Å². The minimum Gasteiger partial charge on any atom is -0.466 e. The summed E-state index contributed by atoms with van der Waals surface area (Å²) in [7, 11) is 1.40. The second-order valence-electron chi connectivity index (χ2n) is 8.28. The van der Waals surface area contributed by atoms with E-state index in [4.69, 9.17) is 11.2 Å². The molecule has 158 valence electrons. The van der Waals surface area contributed by atoms with E-state index >= 15 is 0 Å². The summed E-state index contributed by atoms with van der Waals surface area (Å²) in [4.78, 5) is 16.4. The average molecular weight is 406 g/mol. The van der Waals surface area contributed by atoms with Crippen LogP contribution in [0.25, 0.3) is 17.0 Å². The lowest BCUT2D eigenvalue weighted by atomic mass is 10.0. The number of hydrogen-bond donors (Lipinski definition) is 0. The molecule has 5 nitrogen and oxygen atoms in total. The van der Waals surface area contributed by atoms with E-state index in [1.54, 1.807) is 0 Å². The van der Waals surface area contributed by atoms with Gasteiger partial charge >= 0.3 is 5.97 Å². The molecule has 0 bridgehead atoms. The number of aromatic nitrogens is 1. The number of terminal acetylenes is 1. The Morgan fingerprint density at radius 3 is 2.77 bits per heavy atom. The normalized spacial score (nSPS) is 17.9. The van der Waals surface area contributed by atoms with E-state index in [0.29, 0.717) is 6.54 Å². The van der Waals surface area contributed by atoms with Gasteiger partial charge in [-0.25, -0.2) is 4.79 Å². The van der Waals surface area contributed by atoms with Gasteiger partial charge in [0.1, 0.15) is 0 Å². The number of carbonyl (C=O) groups is 1. The monoisotopic (exact) mass is 405 g/mol. The van der Waals surface area contributed by atoms with Gasteiger partial charge in [0, 0.05) is 55.3 Å². The zero-order valence-electron chi connectivity index (χ0n) is 17.9. The second kappa shape index (κ2) is 9.51. The van der Waals surface area contributed by atoms with Crippen molar-refractivity contribution in [3.63, 3.8) is 0 Å². The number of benzene rings is 1. The molecule has 1 aromatic heterocycles. The Kier molecular flexibility index (Phi) is 6.56. The number of methoxy groups -OCH3 is 1. The summed E-state index contributed by atoms with van der Waals surface area (Å²) in [5, 5.41) is 1.28. The number of piperidine rings is 1. The lowest BCUT2D eigenvalue weighted by molar-refractivity contribution is -0.134. The second-order valence-corrected chi connectivity index (χ2v) is 8.28. The Morgan fingerprint density at radius 2 is 2.00 bits per heavy atom. The lowest BCUT2D eigenvalue weighted by Gasteiger charge is -2.29. The van der Waals surface area contributed by atoms with Crippen LogP contribution in [0.5, 0.6) is 0 Å². The molecule has 0 atom stereocenters.